The fourth-order valence-electron chi connectivity index (χ4n) is 2.78. The third-order valence-electron chi connectivity index (χ3n) is 3.64. The molecule has 0 spiro atoms. The molecule has 0 bridgehead atoms. The second-order valence-electron chi connectivity index (χ2n) is 5.08. The van der Waals surface area contributed by atoms with Crippen molar-refractivity contribution in [2.45, 2.75) is 26.2 Å². The van der Waals surface area contributed by atoms with Gasteiger partial charge >= 0.3 is 0 Å². The molecule has 1 fully saturated rings. The first-order valence-corrected chi connectivity index (χ1v) is 5.99. The highest BCUT2D eigenvalue weighted by Crippen LogP contribution is 2.50. The van der Waals surface area contributed by atoms with Gasteiger partial charge in [-0.15, -0.1) is 0 Å². The molecule has 3 atom stereocenters. The molecule has 0 radical (unpaired) electrons. The molecule has 2 N–H and O–H groups in total. The van der Waals surface area contributed by atoms with Gasteiger partial charge in [0, 0.05) is 0 Å². The summed E-state index contributed by atoms with van der Waals surface area (Å²) < 4.78 is 0. The first-order valence-electron chi connectivity index (χ1n) is 5.99. The van der Waals surface area contributed by atoms with Gasteiger partial charge in [-0.1, -0.05) is 44.2 Å². The van der Waals surface area contributed by atoms with E-state index in [9.17, 15) is 0 Å². The van der Waals surface area contributed by atoms with Gasteiger partial charge in [0.2, 0.25) is 0 Å². The van der Waals surface area contributed by atoms with Gasteiger partial charge in [0.1, 0.15) is 0 Å². The Kier molecular flexibility index (Phi) is 3.11. The zero-order chi connectivity index (χ0) is 10.8. The van der Waals surface area contributed by atoms with E-state index in [2.05, 4.69) is 44.2 Å². The van der Waals surface area contributed by atoms with E-state index < -0.39 is 0 Å². The normalized spacial score (nSPS) is 26.7. The summed E-state index contributed by atoms with van der Waals surface area (Å²) in [5.74, 6) is 3.03. The number of rotatable bonds is 4. The van der Waals surface area contributed by atoms with Crippen LogP contribution in [0.2, 0.25) is 0 Å². The van der Waals surface area contributed by atoms with Crippen molar-refractivity contribution in [1.82, 2.24) is 0 Å². The topological polar surface area (TPSA) is 26.0 Å². The molecule has 1 aromatic rings. The van der Waals surface area contributed by atoms with Crippen LogP contribution in [-0.4, -0.2) is 6.54 Å². The van der Waals surface area contributed by atoms with Gasteiger partial charge in [0.05, 0.1) is 0 Å². The predicted octanol–water partition coefficient (Wildman–Crippen LogP) is 3.02. The Bertz CT molecular complexity index is 304. The fourth-order valence-corrected chi connectivity index (χ4v) is 2.78. The van der Waals surface area contributed by atoms with E-state index in [-0.39, 0.29) is 0 Å². The molecule has 0 aliphatic heterocycles. The molecular formula is C14H21N. The van der Waals surface area contributed by atoms with Crippen molar-refractivity contribution in [3.8, 4) is 0 Å². The van der Waals surface area contributed by atoms with Crippen molar-refractivity contribution in [3.63, 3.8) is 0 Å². The third kappa shape index (κ3) is 2.23. The zero-order valence-electron chi connectivity index (χ0n) is 9.69. The molecule has 0 amide bonds. The highest BCUT2D eigenvalue weighted by molar-refractivity contribution is 5.23. The molecule has 0 saturated heterocycles. The lowest BCUT2D eigenvalue weighted by molar-refractivity contribution is 0.430. The number of hydrogen-bond donors (Lipinski definition) is 1. The Balaban J connectivity index is 2.15. The summed E-state index contributed by atoms with van der Waals surface area (Å²) in [6.07, 6.45) is 1.33. The molecule has 82 valence electrons. The van der Waals surface area contributed by atoms with Gasteiger partial charge in [-0.3, -0.25) is 0 Å². The Labute approximate surface area is 92.7 Å². The number of nitrogens with two attached hydrogens (primary N) is 1. The SMILES string of the molecule is CC(C)C(c1ccccc1)C1CC1CN. The van der Waals surface area contributed by atoms with E-state index in [0.29, 0.717) is 11.8 Å². The van der Waals surface area contributed by atoms with E-state index in [1.54, 1.807) is 0 Å². The monoisotopic (exact) mass is 203 g/mol. The fraction of sp³-hybridized carbons (Fsp3) is 0.571. The Morgan fingerprint density at radius 3 is 2.40 bits per heavy atom. The molecule has 1 aliphatic carbocycles. The van der Waals surface area contributed by atoms with E-state index in [1.165, 1.54) is 12.0 Å². The molecule has 0 heterocycles. The smallest absolute Gasteiger partial charge is 0.00459 e. The van der Waals surface area contributed by atoms with Crippen molar-refractivity contribution in [2.75, 3.05) is 6.54 Å². The van der Waals surface area contributed by atoms with Crippen molar-refractivity contribution in [2.24, 2.45) is 23.5 Å². The van der Waals surface area contributed by atoms with Crippen LogP contribution >= 0.6 is 0 Å². The van der Waals surface area contributed by atoms with E-state index >= 15 is 0 Å². The molecule has 2 rings (SSSR count). The van der Waals surface area contributed by atoms with Crippen LogP contribution < -0.4 is 5.73 Å². The van der Waals surface area contributed by atoms with Crippen LogP contribution in [0, 0.1) is 17.8 Å². The Morgan fingerprint density at radius 2 is 1.93 bits per heavy atom. The van der Waals surface area contributed by atoms with E-state index in [0.717, 1.165) is 18.4 Å². The number of benzene rings is 1. The van der Waals surface area contributed by atoms with Crippen LogP contribution in [0.5, 0.6) is 0 Å². The molecule has 1 aromatic carbocycles. The molecular weight excluding hydrogens is 182 g/mol. The maximum Gasteiger partial charge on any atom is -0.00459 e. The lowest BCUT2D eigenvalue weighted by atomic mass is 9.83. The average Bonchev–Trinajstić information content (AvgIpc) is 2.98. The molecule has 1 heteroatoms. The lowest BCUT2D eigenvalue weighted by Crippen LogP contribution is -2.13. The van der Waals surface area contributed by atoms with Crippen molar-refractivity contribution in [1.29, 1.82) is 0 Å². The largest absolute Gasteiger partial charge is 0.330 e. The summed E-state index contributed by atoms with van der Waals surface area (Å²) in [6.45, 7) is 5.51. The summed E-state index contributed by atoms with van der Waals surface area (Å²) in [6, 6.07) is 10.9. The molecule has 3 unspecified atom stereocenters. The second-order valence-corrected chi connectivity index (χ2v) is 5.08. The lowest BCUT2D eigenvalue weighted by Gasteiger charge is -2.21. The van der Waals surface area contributed by atoms with Crippen LogP contribution in [0.15, 0.2) is 30.3 Å². The van der Waals surface area contributed by atoms with Crippen LogP contribution in [-0.2, 0) is 0 Å². The standard InChI is InChI=1S/C14H21N/c1-10(2)14(13-8-12(13)9-15)11-6-4-3-5-7-11/h3-7,10,12-14H,8-9,15H2,1-2H3. The maximum absolute atomic E-state index is 5.74. The van der Waals surface area contributed by atoms with Crippen molar-refractivity contribution >= 4 is 0 Å². The summed E-state index contributed by atoms with van der Waals surface area (Å²) >= 11 is 0. The third-order valence-corrected chi connectivity index (χ3v) is 3.64. The summed E-state index contributed by atoms with van der Waals surface area (Å²) in [7, 11) is 0. The van der Waals surface area contributed by atoms with Crippen LogP contribution in [0.3, 0.4) is 0 Å². The van der Waals surface area contributed by atoms with Crippen LogP contribution in [0.1, 0.15) is 31.7 Å². The van der Waals surface area contributed by atoms with Crippen LogP contribution in [0.25, 0.3) is 0 Å². The van der Waals surface area contributed by atoms with Gasteiger partial charge in [-0.05, 0) is 42.2 Å². The van der Waals surface area contributed by atoms with Gasteiger partial charge < -0.3 is 5.73 Å². The molecule has 1 saturated carbocycles. The molecule has 1 aliphatic rings. The van der Waals surface area contributed by atoms with Crippen molar-refractivity contribution in [3.05, 3.63) is 35.9 Å². The van der Waals surface area contributed by atoms with Crippen LogP contribution in [0.4, 0.5) is 0 Å². The highest BCUT2D eigenvalue weighted by atomic mass is 14.6. The van der Waals surface area contributed by atoms with Gasteiger partial charge in [-0.2, -0.15) is 0 Å². The summed E-state index contributed by atoms with van der Waals surface area (Å²) in [4.78, 5) is 0. The van der Waals surface area contributed by atoms with Gasteiger partial charge in [0.25, 0.3) is 0 Å². The zero-order valence-corrected chi connectivity index (χ0v) is 9.69. The van der Waals surface area contributed by atoms with Crippen molar-refractivity contribution < 1.29 is 0 Å². The predicted molar refractivity (Wildman–Crippen MR) is 64.7 cm³/mol. The molecule has 1 nitrogen and oxygen atoms in total. The summed E-state index contributed by atoms with van der Waals surface area (Å²) in [5.41, 5.74) is 7.23. The van der Waals surface area contributed by atoms with E-state index in [1.807, 2.05) is 0 Å². The first-order chi connectivity index (χ1) is 7.24. The minimum Gasteiger partial charge on any atom is -0.330 e. The molecule has 15 heavy (non-hydrogen) atoms. The highest BCUT2D eigenvalue weighted by Gasteiger charge is 2.43. The maximum atomic E-state index is 5.74. The first kappa shape index (κ1) is 10.7. The second kappa shape index (κ2) is 4.36. The number of hydrogen-bond acceptors (Lipinski definition) is 1. The van der Waals surface area contributed by atoms with Gasteiger partial charge in [-0.25, -0.2) is 0 Å². The van der Waals surface area contributed by atoms with Gasteiger partial charge in [0.15, 0.2) is 0 Å². The summed E-state index contributed by atoms with van der Waals surface area (Å²) in [5, 5.41) is 0. The Hall–Kier alpha value is -0.820. The molecule has 0 aromatic heterocycles. The minimum atomic E-state index is 0.708. The Morgan fingerprint density at radius 1 is 1.27 bits per heavy atom. The van der Waals surface area contributed by atoms with E-state index in [4.69, 9.17) is 5.73 Å². The minimum absolute atomic E-state index is 0.708. The quantitative estimate of drug-likeness (QED) is 0.799. The average molecular weight is 203 g/mol.